The van der Waals surface area contributed by atoms with E-state index in [0.717, 1.165) is 63.0 Å². The Morgan fingerprint density at radius 3 is 2.43 bits per heavy atom. The number of amides is 3. The van der Waals surface area contributed by atoms with Crippen molar-refractivity contribution < 1.29 is 29.7 Å². The molecular formula is C34H56N6O6. The second kappa shape index (κ2) is 18.1. The maximum Gasteiger partial charge on any atom is 0.245 e. The van der Waals surface area contributed by atoms with E-state index in [4.69, 9.17) is 5.11 Å². The molecule has 3 aliphatic heterocycles. The van der Waals surface area contributed by atoms with Crippen molar-refractivity contribution in [2.45, 2.75) is 108 Å². The lowest BCUT2D eigenvalue weighted by Gasteiger charge is -2.38. The number of rotatable bonds is 15. The van der Waals surface area contributed by atoms with E-state index in [1.807, 2.05) is 31.2 Å². The van der Waals surface area contributed by atoms with Crippen LogP contribution in [0.1, 0.15) is 68.9 Å². The van der Waals surface area contributed by atoms with Gasteiger partial charge >= 0.3 is 0 Å². The molecule has 0 bridgehead atoms. The summed E-state index contributed by atoms with van der Waals surface area (Å²) in [6.45, 7) is 6.54. The third kappa shape index (κ3) is 10.7. The SMILES string of the molecule is Cc1ccc(CC(NC(=O)CCN2CCN(C)CC2)C(=O)NC2CCCCC3CCC(C(O)NCCCC(O)CO)N3C2=O)cc1. The molecule has 3 aliphatic rings. The van der Waals surface area contributed by atoms with Gasteiger partial charge in [-0.1, -0.05) is 42.7 Å². The average molecular weight is 645 g/mol. The number of aliphatic hydroxyl groups is 3. The normalized spacial score (nSPS) is 24.8. The highest BCUT2D eigenvalue weighted by molar-refractivity contribution is 5.92. The first-order valence-electron chi connectivity index (χ1n) is 17.2. The number of carbonyl (C=O) groups is 3. The second-order valence-electron chi connectivity index (χ2n) is 13.5. The van der Waals surface area contributed by atoms with Crippen LogP contribution >= 0.6 is 0 Å². The Balaban J connectivity index is 1.40. The fourth-order valence-electron chi connectivity index (χ4n) is 6.87. The van der Waals surface area contributed by atoms with Gasteiger partial charge in [-0.25, -0.2) is 0 Å². The lowest BCUT2D eigenvalue weighted by atomic mass is 9.98. The summed E-state index contributed by atoms with van der Waals surface area (Å²) in [7, 11) is 2.09. The number of nitrogens with one attached hydrogen (secondary N) is 3. The van der Waals surface area contributed by atoms with Gasteiger partial charge in [-0.05, 0) is 64.6 Å². The van der Waals surface area contributed by atoms with Gasteiger partial charge < -0.3 is 40.7 Å². The van der Waals surface area contributed by atoms with Gasteiger partial charge in [-0.15, -0.1) is 0 Å². The molecule has 3 amide bonds. The maximum atomic E-state index is 14.0. The van der Waals surface area contributed by atoms with Crippen LogP contribution in [0.4, 0.5) is 0 Å². The fraction of sp³-hybridized carbons (Fsp3) is 0.735. The van der Waals surface area contributed by atoms with Gasteiger partial charge in [0.15, 0.2) is 0 Å². The van der Waals surface area contributed by atoms with E-state index in [2.05, 4.69) is 32.8 Å². The highest BCUT2D eigenvalue weighted by atomic mass is 16.3. The van der Waals surface area contributed by atoms with E-state index in [0.29, 0.717) is 51.6 Å². The highest BCUT2D eigenvalue weighted by Gasteiger charge is 2.43. The van der Waals surface area contributed by atoms with Crippen molar-refractivity contribution in [1.82, 2.24) is 30.7 Å². The molecule has 1 aromatic rings. The monoisotopic (exact) mass is 644 g/mol. The Labute approximate surface area is 273 Å². The van der Waals surface area contributed by atoms with Crippen LogP contribution in [0.15, 0.2) is 24.3 Å². The Bertz CT molecular complexity index is 1110. The summed E-state index contributed by atoms with van der Waals surface area (Å²) in [5.74, 6) is -0.746. The van der Waals surface area contributed by atoms with Crippen LogP contribution < -0.4 is 16.0 Å². The van der Waals surface area contributed by atoms with Crippen molar-refractivity contribution in [3.63, 3.8) is 0 Å². The first kappa shape index (κ1) is 36.2. The predicted octanol–water partition coefficient (Wildman–Crippen LogP) is 0.120. The number of hydrogen-bond acceptors (Lipinski definition) is 9. The molecule has 12 heteroatoms. The third-order valence-corrected chi connectivity index (χ3v) is 9.80. The maximum absolute atomic E-state index is 14.0. The number of fused-ring (bicyclic) bond motifs is 1. The molecule has 1 aromatic carbocycles. The largest absolute Gasteiger partial charge is 0.394 e. The number of carbonyl (C=O) groups excluding carboxylic acids is 3. The van der Waals surface area contributed by atoms with Gasteiger partial charge in [-0.3, -0.25) is 19.7 Å². The summed E-state index contributed by atoms with van der Waals surface area (Å²) in [5, 5.41) is 38.7. The van der Waals surface area contributed by atoms with Crippen molar-refractivity contribution in [2.24, 2.45) is 0 Å². The number of likely N-dealkylation sites (N-methyl/N-ethyl adjacent to an activating group) is 1. The molecule has 0 saturated carbocycles. The summed E-state index contributed by atoms with van der Waals surface area (Å²) in [4.78, 5) is 47.4. The van der Waals surface area contributed by atoms with Gasteiger partial charge in [0.1, 0.15) is 18.3 Å². The highest BCUT2D eigenvalue weighted by Crippen LogP contribution is 2.32. The second-order valence-corrected chi connectivity index (χ2v) is 13.5. The third-order valence-electron chi connectivity index (χ3n) is 9.80. The minimum absolute atomic E-state index is 0.00231. The number of piperazine rings is 1. The van der Waals surface area contributed by atoms with E-state index in [-0.39, 0.29) is 30.4 Å². The van der Waals surface area contributed by atoms with Crippen LogP contribution in [0, 0.1) is 6.92 Å². The molecule has 4 rings (SSSR count). The Morgan fingerprint density at radius 1 is 1.00 bits per heavy atom. The number of benzene rings is 1. The minimum Gasteiger partial charge on any atom is -0.394 e. The molecule has 6 atom stereocenters. The molecule has 3 fully saturated rings. The molecule has 0 radical (unpaired) electrons. The minimum atomic E-state index is -0.940. The van der Waals surface area contributed by atoms with Gasteiger partial charge in [0.2, 0.25) is 17.7 Å². The van der Waals surface area contributed by atoms with Gasteiger partial charge in [0.05, 0.1) is 18.8 Å². The molecule has 3 saturated heterocycles. The van der Waals surface area contributed by atoms with E-state index in [1.54, 1.807) is 4.90 Å². The fourth-order valence-corrected chi connectivity index (χ4v) is 6.87. The molecule has 0 aliphatic carbocycles. The van der Waals surface area contributed by atoms with Crippen LogP contribution in [-0.2, 0) is 20.8 Å². The average Bonchev–Trinajstić information content (AvgIpc) is 3.47. The lowest BCUT2D eigenvalue weighted by Crippen LogP contribution is -2.59. The molecule has 6 unspecified atom stereocenters. The van der Waals surface area contributed by atoms with Crippen LogP contribution in [0.25, 0.3) is 0 Å². The van der Waals surface area contributed by atoms with Gasteiger partial charge in [0, 0.05) is 51.6 Å². The zero-order valence-corrected chi connectivity index (χ0v) is 27.7. The van der Waals surface area contributed by atoms with Crippen molar-refractivity contribution in [1.29, 1.82) is 0 Å². The summed E-state index contributed by atoms with van der Waals surface area (Å²) < 4.78 is 0. The predicted molar refractivity (Wildman–Crippen MR) is 176 cm³/mol. The zero-order chi connectivity index (χ0) is 33.1. The van der Waals surface area contributed by atoms with Crippen LogP contribution in [0.3, 0.4) is 0 Å². The van der Waals surface area contributed by atoms with Gasteiger partial charge in [-0.2, -0.15) is 0 Å². The summed E-state index contributed by atoms with van der Waals surface area (Å²) in [6, 6.07) is 5.91. The number of hydrogen-bond donors (Lipinski definition) is 6. The molecule has 0 aromatic heterocycles. The van der Waals surface area contributed by atoms with Crippen LogP contribution in [0.2, 0.25) is 0 Å². The number of aliphatic hydroxyl groups excluding tert-OH is 3. The van der Waals surface area contributed by atoms with E-state index < -0.39 is 30.5 Å². The molecule has 258 valence electrons. The smallest absolute Gasteiger partial charge is 0.245 e. The summed E-state index contributed by atoms with van der Waals surface area (Å²) >= 11 is 0. The number of nitrogens with zero attached hydrogens (tertiary/aromatic N) is 3. The van der Waals surface area contributed by atoms with Crippen molar-refractivity contribution in [3.05, 3.63) is 35.4 Å². The summed E-state index contributed by atoms with van der Waals surface area (Å²) in [5.41, 5.74) is 2.03. The number of aryl methyl sites for hydroxylation is 1. The zero-order valence-electron chi connectivity index (χ0n) is 27.7. The molecular weight excluding hydrogens is 588 g/mol. The van der Waals surface area contributed by atoms with Crippen LogP contribution in [-0.4, -0.2) is 137 Å². The van der Waals surface area contributed by atoms with Crippen molar-refractivity contribution in [2.75, 3.05) is 52.9 Å². The Kier molecular flexibility index (Phi) is 14.2. The molecule has 0 spiro atoms. The van der Waals surface area contributed by atoms with E-state index in [1.165, 1.54) is 0 Å². The Morgan fingerprint density at radius 2 is 1.72 bits per heavy atom. The first-order chi connectivity index (χ1) is 22.1. The topological polar surface area (TPSA) is 158 Å². The van der Waals surface area contributed by atoms with Crippen molar-refractivity contribution >= 4 is 17.7 Å². The Hall–Kier alpha value is -2.61. The quantitative estimate of drug-likeness (QED) is 0.115. The van der Waals surface area contributed by atoms with E-state index in [9.17, 15) is 24.6 Å². The lowest BCUT2D eigenvalue weighted by molar-refractivity contribution is -0.143. The van der Waals surface area contributed by atoms with Crippen LogP contribution in [0.5, 0.6) is 0 Å². The van der Waals surface area contributed by atoms with Gasteiger partial charge in [0.25, 0.3) is 0 Å². The molecule has 6 N–H and O–H groups in total. The standard InChI is InChI=1S/C34H56N6O6/c1-24-9-11-25(12-10-24)22-29(36-31(43)15-17-39-20-18-38(2)19-21-39)32(44)37-28-8-4-3-6-26-13-14-30(40(26)34(28)46)33(45)35-16-5-7-27(42)23-41/h9-12,26-30,33,35,41-42,45H,3-8,13-23H2,1-2H3,(H,36,43)(H,37,44). The molecule has 46 heavy (non-hydrogen) atoms. The van der Waals surface area contributed by atoms with E-state index >= 15 is 0 Å². The first-order valence-corrected chi connectivity index (χ1v) is 17.2. The molecule has 12 nitrogen and oxygen atoms in total. The summed E-state index contributed by atoms with van der Waals surface area (Å²) in [6.07, 6.45) is 4.40. The van der Waals surface area contributed by atoms with Crippen molar-refractivity contribution in [3.8, 4) is 0 Å². The molecule has 3 heterocycles.